The van der Waals surface area contributed by atoms with Gasteiger partial charge < -0.3 is 24.6 Å². The van der Waals surface area contributed by atoms with E-state index in [9.17, 15) is 9.50 Å². The number of hydrogen-bond donors (Lipinski definition) is 2. The van der Waals surface area contributed by atoms with Gasteiger partial charge in [-0.3, -0.25) is 0 Å². The van der Waals surface area contributed by atoms with E-state index in [-0.39, 0.29) is 18.5 Å². The van der Waals surface area contributed by atoms with Crippen LogP contribution in [0.4, 0.5) is 4.39 Å². The van der Waals surface area contributed by atoms with E-state index in [1.807, 2.05) is 24.3 Å². The van der Waals surface area contributed by atoms with Crippen molar-refractivity contribution in [2.45, 2.75) is 12.2 Å². The quantitative estimate of drug-likeness (QED) is 0.812. The van der Waals surface area contributed by atoms with Crippen LogP contribution in [0.3, 0.4) is 0 Å². The SMILES string of the molecule is O[C@@H](CNC[C@@H]1COc2ccccc2O1)COc1ccccc1F. The van der Waals surface area contributed by atoms with Crippen molar-refractivity contribution in [3.05, 3.63) is 54.3 Å². The average molecular weight is 333 g/mol. The summed E-state index contributed by atoms with van der Waals surface area (Å²) in [6, 6.07) is 13.6. The van der Waals surface area contributed by atoms with Crippen molar-refractivity contribution in [1.82, 2.24) is 5.32 Å². The van der Waals surface area contributed by atoms with Crippen LogP contribution in [0.1, 0.15) is 0 Å². The van der Waals surface area contributed by atoms with Gasteiger partial charge in [-0.1, -0.05) is 24.3 Å². The summed E-state index contributed by atoms with van der Waals surface area (Å²) in [7, 11) is 0. The Labute approximate surface area is 140 Å². The van der Waals surface area contributed by atoms with Gasteiger partial charge in [-0.2, -0.15) is 0 Å². The molecule has 2 aromatic rings. The van der Waals surface area contributed by atoms with E-state index < -0.39 is 11.9 Å². The van der Waals surface area contributed by atoms with E-state index in [1.165, 1.54) is 12.1 Å². The lowest BCUT2D eigenvalue weighted by atomic mass is 10.2. The molecule has 0 amide bonds. The molecule has 2 atom stereocenters. The van der Waals surface area contributed by atoms with Crippen LogP contribution >= 0.6 is 0 Å². The molecular weight excluding hydrogens is 313 g/mol. The molecule has 0 aliphatic carbocycles. The summed E-state index contributed by atoms with van der Waals surface area (Å²) in [6.45, 7) is 1.31. The molecule has 0 spiro atoms. The second kappa shape index (κ2) is 7.99. The average Bonchev–Trinajstić information content (AvgIpc) is 2.61. The van der Waals surface area contributed by atoms with Crippen molar-refractivity contribution in [3.8, 4) is 17.2 Å². The van der Waals surface area contributed by atoms with Gasteiger partial charge in [0, 0.05) is 13.1 Å². The number of aliphatic hydroxyl groups is 1. The van der Waals surface area contributed by atoms with Gasteiger partial charge in [0.25, 0.3) is 0 Å². The summed E-state index contributed by atoms with van der Waals surface area (Å²) in [5, 5.41) is 13.0. The van der Waals surface area contributed by atoms with Crippen molar-refractivity contribution in [3.63, 3.8) is 0 Å². The molecule has 0 saturated carbocycles. The fraction of sp³-hybridized carbons (Fsp3) is 0.333. The zero-order chi connectivity index (χ0) is 16.8. The molecular formula is C18H20FNO4. The second-order valence-corrected chi connectivity index (χ2v) is 5.55. The van der Waals surface area contributed by atoms with E-state index in [2.05, 4.69) is 5.32 Å². The standard InChI is InChI=1S/C18H20FNO4/c19-15-5-1-2-6-16(15)22-11-13(21)9-20-10-14-12-23-17-7-3-4-8-18(17)24-14/h1-8,13-14,20-21H,9-12H2/t13-,14+/m0/s1. The Morgan fingerprint density at radius 3 is 2.75 bits per heavy atom. The first-order valence-corrected chi connectivity index (χ1v) is 7.87. The van der Waals surface area contributed by atoms with Crippen LogP contribution in [0.15, 0.2) is 48.5 Å². The van der Waals surface area contributed by atoms with Gasteiger partial charge in [0.2, 0.25) is 0 Å². The first kappa shape index (κ1) is 16.5. The summed E-state index contributed by atoms with van der Waals surface area (Å²) in [5.41, 5.74) is 0. The van der Waals surface area contributed by atoms with Gasteiger partial charge in [-0.25, -0.2) is 4.39 Å². The summed E-state index contributed by atoms with van der Waals surface area (Å²) >= 11 is 0. The second-order valence-electron chi connectivity index (χ2n) is 5.55. The Bertz CT molecular complexity index is 667. The molecule has 5 nitrogen and oxygen atoms in total. The number of para-hydroxylation sites is 3. The first-order valence-electron chi connectivity index (χ1n) is 7.87. The number of hydrogen-bond acceptors (Lipinski definition) is 5. The van der Waals surface area contributed by atoms with Crippen molar-refractivity contribution < 1.29 is 23.7 Å². The van der Waals surface area contributed by atoms with Gasteiger partial charge in [0.05, 0.1) is 0 Å². The van der Waals surface area contributed by atoms with Crippen LogP contribution in [0.2, 0.25) is 0 Å². The lowest BCUT2D eigenvalue weighted by molar-refractivity contribution is 0.0772. The largest absolute Gasteiger partial charge is 0.488 e. The fourth-order valence-corrected chi connectivity index (χ4v) is 2.38. The molecule has 0 saturated heterocycles. The Kier molecular flexibility index (Phi) is 5.51. The summed E-state index contributed by atoms with van der Waals surface area (Å²) in [5.74, 6) is 1.16. The Hall–Kier alpha value is -2.31. The van der Waals surface area contributed by atoms with Crippen LogP contribution in [-0.4, -0.2) is 43.6 Å². The number of aliphatic hydroxyl groups excluding tert-OH is 1. The molecule has 0 aromatic heterocycles. The van der Waals surface area contributed by atoms with Gasteiger partial charge in [-0.05, 0) is 24.3 Å². The zero-order valence-electron chi connectivity index (χ0n) is 13.2. The number of ether oxygens (including phenoxy) is 3. The number of rotatable bonds is 7. The van der Waals surface area contributed by atoms with Crippen molar-refractivity contribution >= 4 is 0 Å². The predicted octanol–water partition coefficient (Wildman–Crippen LogP) is 1.99. The highest BCUT2D eigenvalue weighted by atomic mass is 19.1. The van der Waals surface area contributed by atoms with Gasteiger partial charge in [-0.15, -0.1) is 0 Å². The van der Waals surface area contributed by atoms with Crippen LogP contribution < -0.4 is 19.5 Å². The number of halogens is 1. The number of benzene rings is 2. The van der Waals surface area contributed by atoms with Gasteiger partial charge in [0.15, 0.2) is 23.1 Å². The number of fused-ring (bicyclic) bond motifs is 1. The smallest absolute Gasteiger partial charge is 0.165 e. The maximum absolute atomic E-state index is 13.4. The van der Waals surface area contributed by atoms with Crippen molar-refractivity contribution in [2.24, 2.45) is 0 Å². The molecule has 0 radical (unpaired) electrons. The third-order valence-corrected chi connectivity index (χ3v) is 3.59. The van der Waals surface area contributed by atoms with E-state index in [1.54, 1.807) is 12.1 Å². The highest BCUT2D eigenvalue weighted by Gasteiger charge is 2.20. The van der Waals surface area contributed by atoms with Crippen LogP contribution in [0.5, 0.6) is 17.2 Å². The number of nitrogens with one attached hydrogen (secondary N) is 1. The van der Waals surface area contributed by atoms with Gasteiger partial charge in [0.1, 0.15) is 25.4 Å². The van der Waals surface area contributed by atoms with Crippen molar-refractivity contribution in [2.75, 3.05) is 26.3 Å². The van der Waals surface area contributed by atoms with E-state index >= 15 is 0 Å². The maximum atomic E-state index is 13.4. The molecule has 128 valence electrons. The predicted molar refractivity (Wildman–Crippen MR) is 87.1 cm³/mol. The normalized spacial score (nSPS) is 17.3. The molecule has 6 heteroatoms. The summed E-state index contributed by atoms with van der Waals surface area (Å²) in [6.07, 6.45) is -0.874. The highest BCUT2D eigenvalue weighted by molar-refractivity contribution is 5.40. The summed E-state index contributed by atoms with van der Waals surface area (Å²) < 4.78 is 30.1. The monoisotopic (exact) mass is 333 g/mol. The molecule has 1 aliphatic heterocycles. The lowest BCUT2D eigenvalue weighted by Crippen LogP contribution is -2.41. The Morgan fingerprint density at radius 1 is 1.17 bits per heavy atom. The van der Waals surface area contributed by atoms with Crippen LogP contribution in [0, 0.1) is 5.82 Å². The molecule has 0 bridgehead atoms. The Balaban J connectivity index is 1.37. The minimum Gasteiger partial charge on any atom is -0.488 e. The zero-order valence-corrected chi connectivity index (χ0v) is 13.2. The van der Waals surface area contributed by atoms with Gasteiger partial charge >= 0.3 is 0 Å². The topological polar surface area (TPSA) is 60.0 Å². The Morgan fingerprint density at radius 2 is 1.92 bits per heavy atom. The highest BCUT2D eigenvalue weighted by Crippen LogP contribution is 2.30. The molecule has 0 unspecified atom stereocenters. The molecule has 0 fully saturated rings. The third-order valence-electron chi connectivity index (χ3n) is 3.59. The van der Waals surface area contributed by atoms with Crippen LogP contribution in [0.25, 0.3) is 0 Å². The third kappa shape index (κ3) is 4.37. The van der Waals surface area contributed by atoms with Crippen LogP contribution in [-0.2, 0) is 0 Å². The fourth-order valence-electron chi connectivity index (χ4n) is 2.38. The van der Waals surface area contributed by atoms with E-state index in [0.29, 0.717) is 19.7 Å². The molecule has 3 rings (SSSR count). The maximum Gasteiger partial charge on any atom is 0.165 e. The summed E-state index contributed by atoms with van der Waals surface area (Å²) in [4.78, 5) is 0. The van der Waals surface area contributed by atoms with Crippen molar-refractivity contribution in [1.29, 1.82) is 0 Å². The van der Waals surface area contributed by atoms with E-state index in [4.69, 9.17) is 14.2 Å². The molecule has 2 aromatic carbocycles. The molecule has 1 aliphatic rings. The molecule has 2 N–H and O–H groups in total. The first-order chi connectivity index (χ1) is 11.7. The van der Waals surface area contributed by atoms with E-state index in [0.717, 1.165) is 11.5 Å². The minimum atomic E-state index is -0.749. The molecule has 1 heterocycles. The lowest BCUT2D eigenvalue weighted by Gasteiger charge is -2.27. The molecule has 24 heavy (non-hydrogen) atoms. The minimum absolute atomic E-state index is 0.0127.